The summed E-state index contributed by atoms with van der Waals surface area (Å²) in [6.45, 7) is 4.49. The first-order valence-electron chi connectivity index (χ1n) is 12.5. The van der Waals surface area contributed by atoms with Gasteiger partial charge in [-0.15, -0.1) is 0 Å². The number of alkyl carbamates (subject to hydrolysis) is 1. The molecular formula is C26H39N3O5. The van der Waals surface area contributed by atoms with Crippen molar-refractivity contribution in [1.29, 1.82) is 0 Å². The molecule has 1 heterocycles. The largest absolute Gasteiger partial charge is 0.445 e. The van der Waals surface area contributed by atoms with Crippen LogP contribution in [-0.2, 0) is 20.9 Å². The molecule has 0 radical (unpaired) electrons. The van der Waals surface area contributed by atoms with E-state index in [1.165, 1.54) is 6.42 Å². The van der Waals surface area contributed by atoms with E-state index in [1.54, 1.807) is 0 Å². The van der Waals surface area contributed by atoms with Crippen LogP contribution in [0.5, 0.6) is 0 Å². The quantitative estimate of drug-likeness (QED) is 0.417. The Morgan fingerprint density at radius 2 is 1.82 bits per heavy atom. The molecule has 1 aliphatic carbocycles. The number of hydrogen-bond donors (Lipinski definition) is 4. The summed E-state index contributed by atoms with van der Waals surface area (Å²) in [6.07, 6.45) is 5.81. The normalized spacial score (nSPS) is 20.8. The molecule has 188 valence electrons. The fourth-order valence-electron chi connectivity index (χ4n) is 5.23. The van der Waals surface area contributed by atoms with Crippen molar-refractivity contribution < 1.29 is 24.2 Å². The lowest BCUT2D eigenvalue weighted by molar-refractivity contribution is -0.129. The van der Waals surface area contributed by atoms with Crippen LogP contribution in [0.15, 0.2) is 30.3 Å². The van der Waals surface area contributed by atoms with Gasteiger partial charge in [0.05, 0.1) is 12.6 Å². The van der Waals surface area contributed by atoms with Gasteiger partial charge in [-0.05, 0) is 42.6 Å². The van der Waals surface area contributed by atoms with E-state index in [2.05, 4.69) is 16.0 Å². The third-order valence-corrected chi connectivity index (χ3v) is 7.44. The maximum absolute atomic E-state index is 13.5. The van der Waals surface area contributed by atoms with Gasteiger partial charge in [-0.25, -0.2) is 4.79 Å². The first-order valence-corrected chi connectivity index (χ1v) is 12.5. The van der Waals surface area contributed by atoms with E-state index in [0.717, 1.165) is 31.2 Å². The number of nitrogens with one attached hydrogen (secondary N) is 3. The van der Waals surface area contributed by atoms with Crippen LogP contribution < -0.4 is 16.0 Å². The van der Waals surface area contributed by atoms with E-state index >= 15 is 0 Å². The lowest BCUT2D eigenvalue weighted by Crippen LogP contribution is -2.59. The summed E-state index contributed by atoms with van der Waals surface area (Å²) >= 11 is 0. The second kappa shape index (κ2) is 12.2. The fourth-order valence-corrected chi connectivity index (χ4v) is 5.23. The van der Waals surface area contributed by atoms with Crippen molar-refractivity contribution in [2.75, 3.05) is 13.2 Å². The van der Waals surface area contributed by atoms with Crippen molar-refractivity contribution in [3.8, 4) is 0 Å². The van der Waals surface area contributed by atoms with Gasteiger partial charge >= 0.3 is 6.09 Å². The minimum absolute atomic E-state index is 0.0469. The Hall–Kier alpha value is -2.61. The molecule has 1 unspecified atom stereocenters. The summed E-state index contributed by atoms with van der Waals surface area (Å²) < 4.78 is 5.41. The number of amides is 3. The highest BCUT2D eigenvalue weighted by Crippen LogP contribution is 2.41. The molecule has 1 aromatic rings. The third kappa shape index (κ3) is 6.95. The Kier molecular flexibility index (Phi) is 9.33. The van der Waals surface area contributed by atoms with Crippen molar-refractivity contribution in [2.24, 2.45) is 17.3 Å². The predicted octanol–water partition coefficient (Wildman–Crippen LogP) is 2.89. The summed E-state index contributed by atoms with van der Waals surface area (Å²) in [5.74, 6) is -0.357. The standard InChI is InChI=1S/C26H39N3O5/c1-26(2,20-11-7-4-8-12-20)22(29-25(33)34-17-18-9-5-3-6-10-18)24(32)28-21(16-30)15-19-13-14-27-23(19)31/h3,5-6,9-10,19-22,30H,4,7-8,11-17H2,1-2H3,(H,27,31)(H,28,32)(H,29,33)/t19-,21-,22?/m0/s1. The van der Waals surface area contributed by atoms with Gasteiger partial charge in [-0.1, -0.05) is 63.4 Å². The average molecular weight is 474 g/mol. The van der Waals surface area contributed by atoms with Gasteiger partial charge in [-0.3, -0.25) is 9.59 Å². The molecule has 0 bridgehead atoms. The number of carbonyl (C=O) groups is 3. The number of aliphatic hydroxyl groups excluding tert-OH is 1. The molecule has 2 aliphatic rings. The molecule has 1 saturated carbocycles. The topological polar surface area (TPSA) is 117 Å². The van der Waals surface area contributed by atoms with Crippen molar-refractivity contribution in [3.63, 3.8) is 0 Å². The Bertz CT molecular complexity index is 823. The molecule has 8 nitrogen and oxygen atoms in total. The van der Waals surface area contributed by atoms with Crippen LogP contribution in [0.3, 0.4) is 0 Å². The summed E-state index contributed by atoms with van der Waals surface area (Å²) in [5, 5.41) is 18.4. The predicted molar refractivity (Wildman–Crippen MR) is 129 cm³/mol. The SMILES string of the molecule is CC(C)(C1CCCCC1)C(NC(=O)OCc1ccccc1)C(=O)N[C@H](CO)C[C@@H]1CCNC1=O. The first kappa shape index (κ1) is 26.0. The number of benzene rings is 1. The number of carbonyl (C=O) groups excluding carboxylic acids is 3. The molecule has 3 rings (SSSR count). The van der Waals surface area contributed by atoms with Gasteiger partial charge < -0.3 is 25.8 Å². The van der Waals surface area contributed by atoms with Crippen LogP contribution in [-0.4, -0.2) is 48.2 Å². The Morgan fingerprint density at radius 3 is 2.44 bits per heavy atom. The highest BCUT2D eigenvalue weighted by atomic mass is 16.5. The molecule has 0 aromatic heterocycles. The zero-order chi connectivity index (χ0) is 24.6. The summed E-state index contributed by atoms with van der Waals surface area (Å²) in [4.78, 5) is 38.2. The van der Waals surface area contributed by atoms with Crippen LogP contribution >= 0.6 is 0 Å². The maximum atomic E-state index is 13.5. The number of hydrogen-bond acceptors (Lipinski definition) is 5. The maximum Gasteiger partial charge on any atom is 0.408 e. The molecule has 0 spiro atoms. The molecule has 3 amide bonds. The second-order valence-corrected chi connectivity index (χ2v) is 10.2. The molecular weight excluding hydrogens is 434 g/mol. The van der Waals surface area contributed by atoms with Crippen LogP contribution in [0.4, 0.5) is 4.79 Å². The van der Waals surface area contributed by atoms with Crippen LogP contribution in [0.1, 0.15) is 64.4 Å². The smallest absolute Gasteiger partial charge is 0.408 e. The first-order chi connectivity index (χ1) is 16.3. The van der Waals surface area contributed by atoms with Gasteiger partial charge in [0.25, 0.3) is 0 Å². The molecule has 1 aliphatic heterocycles. The Morgan fingerprint density at radius 1 is 1.12 bits per heavy atom. The summed E-state index contributed by atoms with van der Waals surface area (Å²) in [6, 6.07) is 7.99. The monoisotopic (exact) mass is 473 g/mol. The summed E-state index contributed by atoms with van der Waals surface area (Å²) in [7, 11) is 0. The van der Waals surface area contributed by atoms with E-state index in [1.807, 2.05) is 44.2 Å². The molecule has 1 saturated heterocycles. The lowest BCUT2D eigenvalue weighted by atomic mass is 9.66. The molecule has 8 heteroatoms. The van der Waals surface area contributed by atoms with Crippen LogP contribution in [0.2, 0.25) is 0 Å². The van der Waals surface area contributed by atoms with Gasteiger partial charge in [0.1, 0.15) is 12.6 Å². The highest BCUT2D eigenvalue weighted by Gasteiger charge is 2.43. The zero-order valence-corrected chi connectivity index (χ0v) is 20.3. The molecule has 4 N–H and O–H groups in total. The van der Waals surface area contributed by atoms with E-state index in [0.29, 0.717) is 19.4 Å². The molecule has 34 heavy (non-hydrogen) atoms. The van der Waals surface area contributed by atoms with E-state index in [-0.39, 0.29) is 36.9 Å². The Balaban J connectivity index is 1.69. The van der Waals surface area contributed by atoms with E-state index in [9.17, 15) is 19.5 Å². The number of rotatable bonds is 10. The van der Waals surface area contributed by atoms with Gasteiger partial charge in [0.2, 0.25) is 11.8 Å². The lowest BCUT2D eigenvalue weighted by Gasteiger charge is -2.42. The van der Waals surface area contributed by atoms with Crippen molar-refractivity contribution in [3.05, 3.63) is 35.9 Å². The van der Waals surface area contributed by atoms with Gasteiger partial charge in [0, 0.05) is 12.5 Å². The van der Waals surface area contributed by atoms with Crippen LogP contribution in [0, 0.1) is 17.3 Å². The van der Waals surface area contributed by atoms with Crippen LogP contribution in [0.25, 0.3) is 0 Å². The zero-order valence-electron chi connectivity index (χ0n) is 20.3. The molecule has 1 aromatic carbocycles. The minimum Gasteiger partial charge on any atom is -0.445 e. The van der Waals surface area contributed by atoms with Gasteiger partial charge in [0.15, 0.2) is 0 Å². The van der Waals surface area contributed by atoms with E-state index < -0.39 is 23.6 Å². The molecule has 3 atom stereocenters. The van der Waals surface area contributed by atoms with Gasteiger partial charge in [-0.2, -0.15) is 0 Å². The second-order valence-electron chi connectivity index (χ2n) is 10.2. The average Bonchev–Trinajstić information content (AvgIpc) is 3.25. The van der Waals surface area contributed by atoms with Crippen molar-refractivity contribution in [1.82, 2.24) is 16.0 Å². The molecule has 2 fully saturated rings. The number of ether oxygens (including phenoxy) is 1. The number of aliphatic hydroxyl groups is 1. The summed E-state index contributed by atoms with van der Waals surface area (Å²) in [5.41, 5.74) is 0.349. The Labute approximate surface area is 202 Å². The minimum atomic E-state index is -0.828. The van der Waals surface area contributed by atoms with E-state index in [4.69, 9.17) is 4.74 Å². The third-order valence-electron chi connectivity index (χ3n) is 7.44. The highest BCUT2D eigenvalue weighted by molar-refractivity contribution is 5.87. The van der Waals surface area contributed by atoms with Crippen molar-refractivity contribution in [2.45, 2.75) is 77.5 Å². The van der Waals surface area contributed by atoms with Crippen molar-refractivity contribution >= 4 is 17.9 Å². The fraction of sp³-hybridized carbons (Fsp3) is 0.654.